The van der Waals surface area contributed by atoms with Crippen molar-refractivity contribution in [3.8, 4) is 5.75 Å². The number of halogens is 3. The van der Waals surface area contributed by atoms with Crippen LogP contribution in [0, 0.1) is 0 Å². The van der Waals surface area contributed by atoms with Gasteiger partial charge in [-0.05, 0) is 43.4 Å². The molecule has 2 saturated heterocycles. The third-order valence-electron chi connectivity index (χ3n) is 4.22. The summed E-state index contributed by atoms with van der Waals surface area (Å²) in [4.78, 5) is 0. The largest absolute Gasteiger partial charge is 0.573 e. The van der Waals surface area contributed by atoms with Crippen molar-refractivity contribution in [1.82, 2.24) is 0 Å². The Labute approximate surface area is 122 Å². The van der Waals surface area contributed by atoms with Gasteiger partial charge >= 0.3 is 6.36 Å². The van der Waals surface area contributed by atoms with E-state index in [-0.39, 0.29) is 16.2 Å². The van der Waals surface area contributed by atoms with Crippen molar-refractivity contribution in [2.75, 3.05) is 0 Å². The number of aliphatic hydroxyl groups is 1. The van der Waals surface area contributed by atoms with Gasteiger partial charge in [-0.1, -0.05) is 12.1 Å². The Hall–Kier alpha value is -1.08. The molecule has 0 radical (unpaired) electrons. The molecule has 2 aliphatic heterocycles. The molecule has 116 valence electrons. The van der Waals surface area contributed by atoms with E-state index in [1.54, 1.807) is 0 Å². The lowest BCUT2D eigenvalue weighted by Gasteiger charge is -2.36. The summed E-state index contributed by atoms with van der Waals surface area (Å²) in [6.07, 6.45) is -2.24. The lowest BCUT2D eigenvalue weighted by Crippen LogP contribution is -2.40. The first-order valence-corrected chi connectivity index (χ1v) is 8.02. The zero-order valence-electron chi connectivity index (χ0n) is 11.1. The van der Waals surface area contributed by atoms with Gasteiger partial charge in [0.25, 0.3) is 0 Å². The van der Waals surface area contributed by atoms with Crippen LogP contribution in [0.5, 0.6) is 5.75 Å². The number of rotatable bonds is 2. The molecule has 0 spiro atoms. The maximum atomic E-state index is 12.1. The quantitative estimate of drug-likeness (QED) is 0.911. The monoisotopic (exact) mass is 320 g/mol. The predicted molar refractivity (Wildman–Crippen MR) is 71.2 cm³/mol. The molecule has 0 aliphatic carbocycles. The van der Waals surface area contributed by atoms with Crippen molar-refractivity contribution < 1.29 is 27.2 Å². The first-order chi connectivity index (χ1) is 9.77. The second-order valence-corrected chi connectivity index (χ2v) is 7.65. The third kappa shape index (κ3) is 2.94. The molecule has 1 N–H and O–H groups in total. The fourth-order valence-electron chi connectivity index (χ4n) is 3.28. The highest BCUT2D eigenvalue weighted by molar-refractivity contribution is 7.86. The number of alkyl halides is 3. The Morgan fingerprint density at radius 1 is 1.14 bits per heavy atom. The van der Waals surface area contributed by atoms with Gasteiger partial charge in [0.1, 0.15) is 5.75 Å². The average molecular weight is 320 g/mol. The highest BCUT2D eigenvalue weighted by Gasteiger charge is 2.48. The van der Waals surface area contributed by atoms with Gasteiger partial charge in [-0.3, -0.25) is 4.21 Å². The van der Waals surface area contributed by atoms with Gasteiger partial charge in [0.2, 0.25) is 0 Å². The first kappa shape index (κ1) is 14.8. The van der Waals surface area contributed by atoms with E-state index in [4.69, 9.17) is 0 Å². The van der Waals surface area contributed by atoms with Gasteiger partial charge in [-0.25, -0.2) is 0 Å². The Balaban J connectivity index is 1.79. The molecule has 2 atom stereocenters. The molecule has 0 saturated carbocycles. The summed E-state index contributed by atoms with van der Waals surface area (Å²) in [6, 6.07) is 5.31. The standard InChI is InChI=1S/C14H15F3O3S/c15-14(16,17)20-10-3-1-9(2-4-10)13(18)7-11-5-6-12(8-13)21(11)19/h1-4,11-12,18H,5-8H2. The minimum Gasteiger partial charge on any atom is -0.406 e. The third-order valence-corrected chi connectivity index (χ3v) is 6.34. The molecule has 2 unspecified atom stereocenters. The maximum Gasteiger partial charge on any atom is 0.573 e. The molecule has 3 nitrogen and oxygen atoms in total. The highest BCUT2D eigenvalue weighted by atomic mass is 32.2. The molecule has 1 aromatic rings. The smallest absolute Gasteiger partial charge is 0.406 e. The van der Waals surface area contributed by atoms with E-state index in [1.165, 1.54) is 24.3 Å². The molecular weight excluding hydrogens is 305 g/mol. The summed E-state index contributed by atoms with van der Waals surface area (Å²) in [5.41, 5.74) is -0.540. The zero-order chi connectivity index (χ0) is 15.3. The normalized spacial score (nSPS) is 35.7. The Kier molecular flexibility index (Phi) is 3.52. The van der Waals surface area contributed by atoms with Crippen LogP contribution in [-0.4, -0.2) is 26.2 Å². The SMILES string of the molecule is O=S1C2CCC1CC(O)(c1ccc(OC(F)(F)F)cc1)C2. The van der Waals surface area contributed by atoms with Gasteiger partial charge in [0.05, 0.1) is 5.60 Å². The summed E-state index contributed by atoms with van der Waals surface area (Å²) >= 11 is 0. The highest BCUT2D eigenvalue weighted by Crippen LogP contribution is 2.46. The van der Waals surface area contributed by atoms with Crippen LogP contribution < -0.4 is 4.74 Å². The molecule has 2 heterocycles. The predicted octanol–water partition coefficient (Wildman–Crippen LogP) is 2.85. The molecule has 0 aromatic heterocycles. The van der Waals surface area contributed by atoms with Crippen LogP contribution >= 0.6 is 0 Å². The lowest BCUT2D eigenvalue weighted by atomic mass is 9.86. The van der Waals surface area contributed by atoms with Crippen LogP contribution in [0.1, 0.15) is 31.2 Å². The number of ether oxygens (including phenoxy) is 1. The number of fused-ring (bicyclic) bond motifs is 2. The summed E-state index contributed by atoms with van der Waals surface area (Å²) in [5, 5.41) is 10.7. The molecule has 0 amide bonds. The van der Waals surface area contributed by atoms with E-state index in [0.29, 0.717) is 18.4 Å². The van der Waals surface area contributed by atoms with E-state index in [0.717, 1.165) is 12.8 Å². The molecule has 7 heteroatoms. The number of benzene rings is 1. The van der Waals surface area contributed by atoms with Gasteiger partial charge in [-0.2, -0.15) is 0 Å². The number of hydrogen-bond acceptors (Lipinski definition) is 3. The molecule has 2 bridgehead atoms. The Morgan fingerprint density at radius 2 is 1.67 bits per heavy atom. The molecule has 2 fully saturated rings. The average Bonchev–Trinajstić information content (AvgIpc) is 2.61. The van der Waals surface area contributed by atoms with Crippen LogP contribution in [-0.2, 0) is 16.4 Å². The second-order valence-electron chi connectivity index (χ2n) is 5.66. The summed E-state index contributed by atoms with van der Waals surface area (Å²) in [6.45, 7) is 0. The van der Waals surface area contributed by atoms with Gasteiger partial charge in [0.15, 0.2) is 0 Å². The van der Waals surface area contributed by atoms with E-state index in [1.807, 2.05) is 0 Å². The molecule has 21 heavy (non-hydrogen) atoms. The topological polar surface area (TPSA) is 46.5 Å². The number of hydrogen-bond donors (Lipinski definition) is 1. The summed E-state index contributed by atoms with van der Waals surface area (Å²) in [7, 11) is -0.890. The van der Waals surface area contributed by atoms with Crippen LogP contribution in [0.25, 0.3) is 0 Å². The van der Waals surface area contributed by atoms with Gasteiger partial charge in [-0.15, -0.1) is 13.2 Å². The summed E-state index contributed by atoms with van der Waals surface area (Å²) < 4.78 is 52.2. The lowest BCUT2D eigenvalue weighted by molar-refractivity contribution is -0.274. The van der Waals surface area contributed by atoms with Crippen molar-refractivity contribution in [2.45, 2.75) is 48.1 Å². The van der Waals surface area contributed by atoms with Crippen molar-refractivity contribution in [2.24, 2.45) is 0 Å². The maximum absolute atomic E-state index is 12.1. The summed E-state index contributed by atoms with van der Waals surface area (Å²) in [5.74, 6) is -0.308. The molecule has 2 aliphatic rings. The zero-order valence-corrected chi connectivity index (χ0v) is 11.9. The Bertz CT molecular complexity index is 540. The first-order valence-electron chi connectivity index (χ1n) is 6.75. The van der Waals surface area contributed by atoms with Crippen molar-refractivity contribution in [3.63, 3.8) is 0 Å². The second kappa shape index (κ2) is 4.98. The minimum absolute atomic E-state index is 0.0140. The van der Waals surface area contributed by atoms with Crippen molar-refractivity contribution in [1.29, 1.82) is 0 Å². The van der Waals surface area contributed by atoms with E-state index < -0.39 is 22.8 Å². The van der Waals surface area contributed by atoms with E-state index >= 15 is 0 Å². The van der Waals surface area contributed by atoms with Crippen LogP contribution in [0.15, 0.2) is 24.3 Å². The van der Waals surface area contributed by atoms with Crippen LogP contribution in [0.3, 0.4) is 0 Å². The fourth-order valence-corrected chi connectivity index (χ4v) is 5.44. The minimum atomic E-state index is -4.72. The van der Waals surface area contributed by atoms with Crippen LogP contribution in [0.4, 0.5) is 13.2 Å². The van der Waals surface area contributed by atoms with Crippen molar-refractivity contribution in [3.05, 3.63) is 29.8 Å². The van der Waals surface area contributed by atoms with E-state index in [2.05, 4.69) is 4.74 Å². The fraction of sp³-hybridized carbons (Fsp3) is 0.571. The molecule has 1 aromatic carbocycles. The Morgan fingerprint density at radius 3 is 2.14 bits per heavy atom. The van der Waals surface area contributed by atoms with Gasteiger partial charge < -0.3 is 9.84 Å². The van der Waals surface area contributed by atoms with Crippen LogP contribution in [0.2, 0.25) is 0 Å². The van der Waals surface area contributed by atoms with Gasteiger partial charge in [0, 0.05) is 21.3 Å². The molecule has 3 rings (SSSR count). The van der Waals surface area contributed by atoms with Crippen molar-refractivity contribution >= 4 is 10.8 Å². The van der Waals surface area contributed by atoms with E-state index in [9.17, 15) is 22.5 Å². The molecular formula is C14H15F3O3S.